The number of amides is 2. The highest BCUT2D eigenvalue weighted by Gasteiger charge is 2.08. The lowest BCUT2D eigenvalue weighted by Gasteiger charge is -2.09. The van der Waals surface area contributed by atoms with Crippen molar-refractivity contribution in [3.8, 4) is 0 Å². The molecule has 0 saturated heterocycles. The fourth-order valence-electron chi connectivity index (χ4n) is 1.62. The number of benzene rings is 1. The summed E-state index contributed by atoms with van der Waals surface area (Å²) >= 11 is 0. The number of pyridine rings is 1. The third-order valence-electron chi connectivity index (χ3n) is 2.83. The van der Waals surface area contributed by atoms with E-state index >= 15 is 0 Å². The zero-order chi connectivity index (χ0) is 15.2. The van der Waals surface area contributed by atoms with Crippen molar-refractivity contribution in [1.29, 1.82) is 0 Å². The van der Waals surface area contributed by atoms with Crippen molar-refractivity contribution in [2.45, 2.75) is 13.8 Å². The molecule has 2 rings (SSSR count). The number of hydrogen-bond donors (Lipinski definition) is 2. The number of hydrogen-bond acceptors (Lipinski definition) is 3. The lowest BCUT2D eigenvalue weighted by molar-refractivity contribution is -0.118. The van der Waals surface area contributed by atoms with Gasteiger partial charge in [0.25, 0.3) is 5.91 Å². The number of nitrogens with one attached hydrogen (secondary N) is 2. The Kier molecular flexibility index (Phi) is 4.66. The number of aromatic nitrogens is 1. The van der Waals surface area contributed by atoms with Crippen LogP contribution in [0.4, 0.5) is 11.4 Å². The monoisotopic (exact) mass is 283 g/mol. The minimum Gasteiger partial charge on any atom is -0.326 e. The van der Waals surface area contributed by atoms with Crippen LogP contribution >= 0.6 is 0 Å². The Morgan fingerprint density at radius 3 is 2.10 bits per heavy atom. The highest BCUT2D eigenvalue weighted by molar-refractivity contribution is 6.03. The van der Waals surface area contributed by atoms with Crippen LogP contribution < -0.4 is 10.6 Å². The first kappa shape index (κ1) is 14.7. The van der Waals surface area contributed by atoms with Crippen molar-refractivity contribution in [1.82, 2.24) is 4.98 Å². The molecule has 0 aliphatic rings. The van der Waals surface area contributed by atoms with E-state index in [-0.39, 0.29) is 17.7 Å². The molecule has 0 aliphatic heterocycles. The third kappa shape index (κ3) is 4.14. The minimum atomic E-state index is -0.269. The molecule has 0 spiro atoms. The van der Waals surface area contributed by atoms with Gasteiger partial charge >= 0.3 is 0 Å². The zero-order valence-electron chi connectivity index (χ0n) is 12.0. The largest absolute Gasteiger partial charge is 0.326 e. The zero-order valence-corrected chi connectivity index (χ0v) is 12.0. The third-order valence-corrected chi connectivity index (χ3v) is 2.83. The fourth-order valence-corrected chi connectivity index (χ4v) is 1.62. The topological polar surface area (TPSA) is 71.1 Å². The number of anilines is 2. The minimum absolute atomic E-state index is 0.0414. The molecular formula is C16H17N3O2. The first-order valence-corrected chi connectivity index (χ1v) is 6.69. The molecule has 21 heavy (non-hydrogen) atoms. The van der Waals surface area contributed by atoms with E-state index < -0.39 is 0 Å². The van der Waals surface area contributed by atoms with Gasteiger partial charge in [-0.05, 0) is 36.4 Å². The molecule has 0 saturated carbocycles. The molecule has 2 amide bonds. The first-order chi connectivity index (χ1) is 10.1. The molecule has 1 heterocycles. The molecule has 0 aliphatic carbocycles. The quantitative estimate of drug-likeness (QED) is 0.906. The van der Waals surface area contributed by atoms with Gasteiger partial charge in [-0.1, -0.05) is 19.9 Å². The summed E-state index contributed by atoms with van der Waals surface area (Å²) in [5.74, 6) is -0.386. The summed E-state index contributed by atoms with van der Waals surface area (Å²) in [7, 11) is 0. The van der Waals surface area contributed by atoms with Gasteiger partial charge < -0.3 is 10.6 Å². The van der Waals surface area contributed by atoms with Gasteiger partial charge in [0.1, 0.15) is 5.69 Å². The SMILES string of the molecule is CC(C)C(=O)Nc1ccc(NC(=O)c2ccccn2)cc1. The predicted molar refractivity (Wildman–Crippen MR) is 82.1 cm³/mol. The van der Waals surface area contributed by atoms with Gasteiger partial charge in [-0.3, -0.25) is 14.6 Å². The van der Waals surface area contributed by atoms with Gasteiger partial charge in [-0.15, -0.1) is 0 Å². The van der Waals surface area contributed by atoms with Gasteiger partial charge in [0.2, 0.25) is 5.91 Å². The van der Waals surface area contributed by atoms with Crippen LogP contribution in [0.2, 0.25) is 0 Å². The summed E-state index contributed by atoms with van der Waals surface area (Å²) in [5, 5.41) is 5.54. The first-order valence-electron chi connectivity index (χ1n) is 6.69. The molecule has 0 fully saturated rings. The maximum Gasteiger partial charge on any atom is 0.274 e. The van der Waals surface area contributed by atoms with Gasteiger partial charge in [0, 0.05) is 23.5 Å². The summed E-state index contributed by atoms with van der Waals surface area (Å²) in [5.41, 5.74) is 1.70. The van der Waals surface area contributed by atoms with E-state index in [0.717, 1.165) is 0 Å². The molecule has 1 aromatic carbocycles. The average molecular weight is 283 g/mol. The summed E-state index contributed by atoms with van der Waals surface area (Å²) in [6.07, 6.45) is 1.57. The summed E-state index contributed by atoms with van der Waals surface area (Å²) < 4.78 is 0. The highest BCUT2D eigenvalue weighted by atomic mass is 16.2. The molecule has 0 radical (unpaired) electrons. The van der Waals surface area contributed by atoms with Crippen molar-refractivity contribution in [2.75, 3.05) is 10.6 Å². The van der Waals surface area contributed by atoms with E-state index in [9.17, 15) is 9.59 Å². The maximum absolute atomic E-state index is 11.9. The second-order valence-electron chi connectivity index (χ2n) is 4.89. The van der Waals surface area contributed by atoms with Crippen LogP contribution in [-0.2, 0) is 4.79 Å². The van der Waals surface area contributed by atoms with Crippen LogP contribution in [0.25, 0.3) is 0 Å². The predicted octanol–water partition coefficient (Wildman–Crippen LogP) is 2.93. The lowest BCUT2D eigenvalue weighted by Crippen LogP contribution is -2.17. The Hall–Kier alpha value is -2.69. The Bertz CT molecular complexity index is 622. The van der Waals surface area contributed by atoms with Crippen LogP contribution in [0.3, 0.4) is 0 Å². The normalized spacial score (nSPS) is 10.2. The average Bonchev–Trinajstić information content (AvgIpc) is 2.50. The molecule has 1 aromatic heterocycles. The Morgan fingerprint density at radius 1 is 0.952 bits per heavy atom. The van der Waals surface area contributed by atoms with Crippen LogP contribution in [0.15, 0.2) is 48.7 Å². The van der Waals surface area contributed by atoms with E-state index in [1.54, 1.807) is 48.7 Å². The fraction of sp³-hybridized carbons (Fsp3) is 0.188. The van der Waals surface area contributed by atoms with E-state index in [0.29, 0.717) is 17.1 Å². The Balaban J connectivity index is 2.00. The summed E-state index contributed by atoms with van der Waals surface area (Å²) in [6, 6.07) is 12.1. The van der Waals surface area contributed by atoms with E-state index in [2.05, 4.69) is 15.6 Å². The standard InChI is InChI=1S/C16H17N3O2/c1-11(2)15(20)18-12-6-8-13(9-7-12)19-16(21)14-5-3-4-10-17-14/h3-11H,1-2H3,(H,18,20)(H,19,21). The molecule has 0 atom stereocenters. The van der Waals surface area contributed by atoms with Crippen LogP contribution in [0, 0.1) is 5.92 Å². The molecule has 108 valence electrons. The van der Waals surface area contributed by atoms with Crippen molar-refractivity contribution >= 4 is 23.2 Å². The Labute approximate surface area is 123 Å². The van der Waals surface area contributed by atoms with E-state index in [1.807, 2.05) is 13.8 Å². The van der Waals surface area contributed by atoms with Gasteiger partial charge in [-0.25, -0.2) is 0 Å². The van der Waals surface area contributed by atoms with Crippen molar-refractivity contribution in [3.05, 3.63) is 54.4 Å². The summed E-state index contributed by atoms with van der Waals surface area (Å²) in [4.78, 5) is 27.5. The molecule has 5 nitrogen and oxygen atoms in total. The van der Waals surface area contributed by atoms with Crippen molar-refractivity contribution in [2.24, 2.45) is 5.92 Å². The molecule has 2 N–H and O–H groups in total. The van der Waals surface area contributed by atoms with Gasteiger partial charge in [0.05, 0.1) is 0 Å². The van der Waals surface area contributed by atoms with Crippen molar-refractivity contribution < 1.29 is 9.59 Å². The van der Waals surface area contributed by atoms with Crippen LogP contribution in [0.1, 0.15) is 24.3 Å². The van der Waals surface area contributed by atoms with E-state index in [4.69, 9.17) is 0 Å². The van der Waals surface area contributed by atoms with Crippen LogP contribution in [-0.4, -0.2) is 16.8 Å². The molecule has 5 heteroatoms. The Morgan fingerprint density at radius 2 is 1.57 bits per heavy atom. The number of carbonyl (C=O) groups is 2. The lowest BCUT2D eigenvalue weighted by atomic mass is 10.2. The van der Waals surface area contributed by atoms with E-state index in [1.165, 1.54) is 0 Å². The number of nitrogens with zero attached hydrogens (tertiary/aromatic N) is 1. The molecule has 0 unspecified atom stereocenters. The second kappa shape index (κ2) is 6.65. The van der Waals surface area contributed by atoms with Gasteiger partial charge in [-0.2, -0.15) is 0 Å². The van der Waals surface area contributed by atoms with Crippen molar-refractivity contribution in [3.63, 3.8) is 0 Å². The van der Waals surface area contributed by atoms with Crippen LogP contribution in [0.5, 0.6) is 0 Å². The molecule has 2 aromatic rings. The highest BCUT2D eigenvalue weighted by Crippen LogP contribution is 2.15. The second-order valence-corrected chi connectivity index (χ2v) is 4.89. The maximum atomic E-state index is 11.9. The number of rotatable bonds is 4. The molecule has 0 bridgehead atoms. The van der Waals surface area contributed by atoms with Gasteiger partial charge in [0.15, 0.2) is 0 Å². The summed E-state index contributed by atoms with van der Waals surface area (Å²) in [6.45, 7) is 3.66. The smallest absolute Gasteiger partial charge is 0.274 e. The molecular weight excluding hydrogens is 266 g/mol. The number of carbonyl (C=O) groups excluding carboxylic acids is 2.